The van der Waals surface area contributed by atoms with Gasteiger partial charge in [0.25, 0.3) is 5.89 Å². The van der Waals surface area contributed by atoms with Crippen molar-refractivity contribution in [2.45, 2.75) is 0 Å². The van der Waals surface area contributed by atoms with Crippen molar-refractivity contribution in [3.8, 4) is 28.6 Å². The largest absolute Gasteiger partial charge is 0.506 e. The monoisotopic (exact) mass is 259 g/mol. The second-order valence-electron chi connectivity index (χ2n) is 3.71. The molecular weight excluding hydrogens is 250 g/mol. The van der Waals surface area contributed by atoms with Crippen LogP contribution in [0.4, 0.5) is 5.69 Å². The summed E-state index contributed by atoms with van der Waals surface area (Å²) in [5, 5.41) is 17.3. The summed E-state index contributed by atoms with van der Waals surface area (Å²) in [6.45, 7) is 0. The van der Waals surface area contributed by atoms with E-state index in [4.69, 9.17) is 10.3 Å². The molecule has 3 N–H and O–H groups in total. The van der Waals surface area contributed by atoms with Crippen LogP contribution in [0.3, 0.4) is 0 Å². The van der Waals surface area contributed by atoms with Crippen molar-refractivity contribution < 1.29 is 9.63 Å². The maximum atomic E-state index is 9.54. The van der Waals surface area contributed by atoms with Crippen LogP contribution in [0, 0.1) is 0 Å². The Morgan fingerprint density at radius 1 is 1.22 bits per heavy atom. The SMILES string of the molecule is Nc1ccc(-c2nc(-c3ccsc3)no2)cc1O. The molecule has 0 atom stereocenters. The number of nitrogens with zero attached hydrogens (tertiary/aromatic N) is 2. The molecule has 0 amide bonds. The zero-order valence-corrected chi connectivity index (χ0v) is 10.0. The van der Waals surface area contributed by atoms with Crippen molar-refractivity contribution in [3.63, 3.8) is 0 Å². The highest BCUT2D eigenvalue weighted by molar-refractivity contribution is 7.08. The lowest BCUT2D eigenvalue weighted by atomic mass is 10.2. The van der Waals surface area contributed by atoms with E-state index < -0.39 is 0 Å². The Labute approximate surface area is 107 Å². The lowest BCUT2D eigenvalue weighted by Crippen LogP contribution is -1.86. The van der Waals surface area contributed by atoms with Crippen LogP contribution in [0.25, 0.3) is 22.8 Å². The fourth-order valence-corrected chi connectivity index (χ4v) is 2.16. The van der Waals surface area contributed by atoms with Crippen LogP contribution in [-0.2, 0) is 0 Å². The first-order valence-corrected chi connectivity index (χ1v) is 6.13. The van der Waals surface area contributed by atoms with E-state index in [-0.39, 0.29) is 5.75 Å². The molecule has 3 rings (SSSR count). The number of nitrogens with two attached hydrogens (primary N) is 1. The van der Waals surface area contributed by atoms with Gasteiger partial charge in [0, 0.05) is 16.5 Å². The number of phenols is 1. The molecule has 0 saturated heterocycles. The number of aromatic nitrogens is 2. The number of aromatic hydroxyl groups is 1. The molecule has 0 spiro atoms. The minimum absolute atomic E-state index is 0.00258. The van der Waals surface area contributed by atoms with Gasteiger partial charge in [-0.2, -0.15) is 16.3 Å². The maximum Gasteiger partial charge on any atom is 0.258 e. The normalized spacial score (nSPS) is 10.7. The van der Waals surface area contributed by atoms with Gasteiger partial charge < -0.3 is 15.4 Å². The van der Waals surface area contributed by atoms with Crippen molar-refractivity contribution in [1.29, 1.82) is 0 Å². The first-order chi connectivity index (χ1) is 8.74. The van der Waals surface area contributed by atoms with Gasteiger partial charge in [0.15, 0.2) is 0 Å². The molecule has 5 nitrogen and oxygen atoms in total. The number of hydrogen-bond acceptors (Lipinski definition) is 6. The second kappa shape index (κ2) is 4.15. The topological polar surface area (TPSA) is 85.2 Å². The molecule has 0 aliphatic heterocycles. The summed E-state index contributed by atoms with van der Waals surface area (Å²) >= 11 is 1.57. The molecule has 0 fully saturated rings. The highest BCUT2D eigenvalue weighted by Gasteiger charge is 2.11. The standard InChI is InChI=1S/C12H9N3O2S/c13-9-2-1-7(5-10(9)16)12-14-11(15-17-12)8-3-4-18-6-8/h1-6,16H,13H2. The van der Waals surface area contributed by atoms with E-state index in [9.17, 15) is 5.11 Å². The van der Waals surface area contributed by atoms with Crippen LogP contribution in [0.2, 0.25) is 0 Å². The van der Waals surface area contributed by atoms with Crippen molar-refractivity contribution >= 4 is 17.0 Å². The molecule has 0 radical (unpaired) electrons. The zero-order chi connectivity index (χ0) is 12.5. The fraction of sp³-hybridized carbons (Fsp3) is 0. The predicted octanol–water partition coefficient (Wildman–Crippen LogP) is 2.75. The van der Waals surface area contributed by atoms with Crippen LogP contribution < -0.4 is 5.73 Å². The van der Waals surface area contributed by atoms with Crippen molar-refractivity contribution in [3.05, 3.63) is 35.0 Å². The second-order valence-corrected chi connectivity index (χ2v) is 4.49. The number of hydrogen-bond donors (Lipinski definition) is 2. The molecule has 0 aliphatic carbocycles. The molecule has 0 unspecified atom stereocenters. The summed E-state index contributed by atoms with van der Waals surface area (Å²) in [4.78, 5) is 4.27. The number of rotatable bonds is 2. The van der Waals surface area contributed by atoms with Gasteiger partial charge >= 0.3 is 0 Å². The van der Waals surface area contributed by atoms with Crippen LogP contribution in [0.5, 0.6) is 5.75 Å². The van der Waals surface area contributed by atoms with E-state index in [0.717, 1.165) is 5.56 Å². The summed E-state index contributed by atoms with van der Waals surface area (Å²) in [5.74, 6) is 0.886. The Balaban J connectivity index is 2.00. The molecule has 0 bridgehead atoms. The van der Waals surface area contributed by atoms with Crippen LogP contribution in [-0.4, -0.2) is 15.2 Å². The number of anilines is 1. The van der Waals surface area contributed by atoms with Gasteiger partial charge in [-0.15, -0.1) is 0 Å². The average molecular weight is 259 g/mol. The Hall–Kier alpha value is -2.34. The Bertz CT molecular complexity index is 676. The molecule has 18 heavy (non-hydrogen) atoms. The van der Waals surface area contributed by atoms with Gasteiger partial charge in [-0.25, -0.2) is 0 Å². The third-order valence-corrected chi connectivity index (χ3v) is 3.17. The Kier molecular flexibility index (Phi) is 2.49. The Morgan fingerprint density at radius 2 is 2.11 bits per heavy atom. The third-order valence-electron chi connectivity index (χ3n) is 2.48. The molecule has 1 aromatic carbocycles. The molecule has 0 aliphatic rings. The van der Waals surface area contributed by atoms with E-state index in [2.05, 4.69) is 10.1 Å². The molecule has 90 valence electrons. The summed E-state index contributed by atoms with van der Waals surface area (Å²) in [6, 6.07) is 6.74. The summed E-state index contributed by atoms with van der Waals surface area (Å²) in [5.41, 5.74) is 7.40. The summed E-state index contributed by atoms with van der Waals surface area (Å²) in [6.07, 6.45) is 0. The van der Waals surface area contributed by atoms with Gasteiger partial charge in [-0.05, 0) is 29.6 Å². The third kappa shape index (κ3) is 1.82. The number of nitrogen functional groups attached to an aromatic ring is 1. The van der Waals surface area contributed by atoms with Crippen LogP contribution >= 0.6 is 11.3 Å². The lowest BCUT2D eigenvalue weighted by Gasteiger charge is -1.99. The number of thiophene rings is 1. The summed E-state index contributed by atoms with van der Waals surface area (Å²) in [7, 11) is 0. The molecular formula is C12H9N3O2S. The molecule has 2 heterocycles. The van der Waals surface area contributed by atoms with E-state index in [1.165, 1.54) is 6.07 Å². The fourth-order valence-electron chi connectivity index (χ4n) is 1.53. The van der Waals surface area contributed by atoms with Gasteiger partial charge in [-0.1, -0.05) is 5.16 Å². The van der Waals surface area contributed by atoms with Crippen LogP contribution in [0.1, 0.15) is 0 Å². The van der Waals surface area contributed by atoms with Gasteiger partial charge in [0.1, 0.15) is 5.75 Å². The van der Waals surface area contributed by atoms with Gasteiger partial charge in [-0.3, -0.25) is 0 Å². The quantitative estimate of drug-likeness (QED) is 0.546. The highest BCUT2D eigenvalue weighted by Crippen LogP contribution is 2.28. The summed E-state index contributed by atoms with van der Waals surface area (Å²) < 4.78 is 5.16. The number of phenolic OH excluding ortho intramolecular Hbond substituents is 1. The maximum absolute atomic E-state index is 9.54. The molecule has 2 aromatic heterocycles. The first-order valence-electron chi connectivity index (χ1n) is 5.19. The number of benzene rings is 1. The molecule has 0 saturated carbocycles. The molecule has 6 heteroatoms. The zero-order valence-electron chi connectivity index (χ0n) is 9.20. The van der Waals surface area contributed by atoms with Crippen LogP contribution in [0.15, 0.2) is 39.5 Å². The van der Waals surface area contributed by atoms with Gasteiger partial charge in [0.05, 0.1) is 5.69 Å². The van der Waals surface area contributed by atoms with Crippen molar-refractivity contribution in [1.82, 2.24) is 10.1 Å². The minimum Gasteiger partial charge on any atom is -0.506 e. The average Bonchev–Trinajstić information content (AvgIpc) is 3.01. The lowest BCUT2D eigenvalue weighted by molar-refractivity contribution is 0.431. The van der Waals surface area contributed by atoms with E-state index in [0.29, 0.717) is 23.0 Å². The first kappa shape index (κ1) is 10.8. The van der Waals surface area contributed by atoms with E-state index in [1.807, 2.05) is 16.8 Å². The predicted molar refractivity (Wildman–Crippen MR) is 69.1 cm³/mol. The van der Waals surface area contributed by atoms with Crippen molar-refractivity contribution in [2.24, 2.45) is 0 Å². The van der Waals surface area contributed by atoms with E-state index >= 15 is 0 Å². The smallest absolute Gasteiger partial charge is 0.258 e. The highest BCUT2D eigenvalue weighted by atomic mass is 32.1. The van der Waals surface area contributed by atoms with Gasteiger partial charge in [0.2, 0.25) is 5.82 Å². The van der Waals surface area contributed by atoms with Crippen molar-refractivity contribution in [2.75, 3.05) is 5.73 Å². The molecule has 3 aromatic rings. The Morgan fingerprint density at radius 3 is 2.83 bits per heavy atom. The van der Waals surface area contributed by atoms with E-state index in [1.54, 1.807) is 23.5 Å². The minimum atomic E-state index is 0.00258.